The summed E-state index contributed by atoms with van der Waals surface area (Å²) in [7, 11) is 0. The number of aromatic nitrogens is 2. The largest absolute Gasteiger partial charge is 0.478 e. The number of furan rings is 1. The molecule has 1 aliphatic rings. The fraction of sp³-hybridized carbons (Fsp3) is 0.182. The molecule has 0 saturated carbocycles. The van der Waals surface area contributed by atoms with Gasteiger partial charge in [-0.1, -0.05) is 18.2 Å². The maximum Gasteiger partial charge on any atom is 0.336 e. The Morgan fingerprint density at radius 2 is 2.03 bits per heavy atom. The number of hydrogen-bond acceptors (Lipinski definition) is 6. The molecule has 7 nitrogen and oxygen atoms in total. The number of aromatic carboxylic acids is 1. The Bertz CT molecular complexity index is 1360. The normalized spacial score (nSPS) is 13.7. The van der Waals surface area contributed by atoms with Gasteiger partial charge in [-0.3, -0.25) is 4.79 Å². The molecule has 0 amide bonds. The van der Waals surface area contributed by atoms with Crippen LogP contribution in [-0.4, -0.2) is 27.0 Å². The highest BCUT2D eigenvalue weighted by Gasteiger charge is 2.20. The van der Waals surface area contributed by atoms with Crippen molar-refractivity contribution in [2.45, 2.75) is 25.7 Å². The number of nitrogens with zero attached hydrogens (tertiary/aromatic N) is 3. The molecule has 0 atom stereocenters. The summed E-state index contributed by atoms with van der Waals surface area (Å²) in [5, 5.41) is 14.3. The summed E-state index contributed by atoms with van der Waals surface area (Å²) in [5.41, 5.74) is 1.57. The van der Waals surface area contributed by atoms with Crippen LogP contribution in [0, 0.1) is 0 Å². The van der Waals surface area contributed by atoms with Crippen molar-refractivity contribution in [3.05, 3.63) is 74.8 Å². The van der Waals surface area contributed by atoms with Crippen LogP contribution in [0.1, 0.15) is 39.4 Å². The Labute approximate surface area is 174 Å². The highest BCUT2D eigenvalue weighted by Crippen LogP contribution is 2.33. The molecule has 150 valence electrons. The van der Waals surface area contributed by atoms with Gasteiger partial charge in [0, 0.05) is 10.4 Å². The van der Waals surface area contributed by atoms with E-state index in [-0.39, 0.29) is 11.1 Å². The first-order valence-corrected chi connectivity index (χ1v) is 10.4. The van der Waals surface area contributed by atoms with Gasteiger partial charge in [0.1, 0.15) is 22.7 Å². The van der Waals surface area contributed by atoms with E-state index in [1.807, 2.05) is 0 Å². The molecule has 0 unspecified atom stereocenters. The Balaban J connectivity index is 1.48. The maximum absolute atomic E-state index is 12.9. The lowest BCUT2D eigenvalue weighted by Crippen LogP contribution is -2.17. The first-order valence-electron chi connectivity index (χ1n) is 9.60. The van der Waals surface area contributed by atoms with Crippen molar-refractivity contribution >= 4 is 33.7 Å². The van der Waals surface area contributed by atoms with Gasteiger partial charge < -0.3 is 9.52 Å². The quantitative estimate of drug-likeness (QED) is 0.501. The average molecular weight is 419 g/mol. The topological polar surface area (TPSA) is 97.7 Å². The summed E-state index contributed by atoms with van der Waals surface area (Å²) in [6.07, 6.45) is 7.01. The molecular weight excluding hydrogens is 402 g/mol. The molecule has 8 heteroatoms. The smallest absolute Gasteiger partial charge is 0.336 e. The minimum absolute atomic E-state index is 0.156. The van der Waals surface area contributed by atoms with Gasteiger partial charge in [-0.05, 0) is 49.4 Å². The van der Waals surface area contributed by atoms with Crippen molar-refractivity contribution in [3.63, 3.8) is 0 Å². The molecule has 30 heavy (non-hydrogen) atoms. The number of carboxylic acid groups (broad SMARTS) is 1. The molecule has 4 aromatic rings. The van der Waals surface area contributed by atoms with E-state index in [2.05, 4.69) is 10.1 Å². The van der Waals surface area contributed by atoms with E-state index in [0.717, 1.165) is 36.1 Å². The zero-order valence-corrected chi connectivity index (χ0v) is 16.7. The Hall–Kier alpha value is -3.52. The third-order valence-electron chi connectivity index (χ3n) is 5.22. The highest BCUT2D eigenvalue weighted by atomic mass is 32.1. The predicted octanol–water partition coefficient (Wildman–Crippen LogP) is 4.18. The molecule has 1 aliphatic carbocycles. The zero-order chi connectivity index (χ0) is 20.7. The molecular formula is C22H17N3O4S. The van der Waals surface area contributed by atoms with Crippen LogP contribution in [0.3, 0.4) is 0 Å². The summed E-state index contributed by atoms with van der Waals surface area (Å²) in [6, 6.07) is 9.99. The molecule has 3 heterocycles. The van der Waals surface area contributed by atoms with Gasteiger partial charge in [-0.15, -0.1) is 11.3 Å². The number of hydrogen-bond donors (Lipinski definition) is 1. The zero-order valence-electron chi connectivity index (χ0n) is 15.9. The minimum Gasteiger partial charge on any atom is -0.478 e. The first-order chi connectivity index (χ1) is 14.6. The number of benzene rings is 1. The van der Waals surface area contributed by atoms with Crippen molar-refractivity contribution in [3.8, 4) is 11.3 Å². The van der Waals surface area contributed by atoms with E-state index in [1.54, 1.807) is 41.7 Å². The fourth-order valence-corrected chi connectivity index (χ4v) is 5.01. The van der Waals surface area contributed by atoms with E-state index in [1.165, 1.54) is 28.2 Å². The van der Waals surface area contributed by atoms with E-state index in [9.17, 15) is 14.7 Å². The molecule has 5 rings (SSSR count). The number of aryl methyl sites for hydroxylation is 2. The van der Waals surface area contributed by atoms with Crippen LogP contribution in [0.5, 0.6) is 0 Å². The Morgan fingerprint density at radius 1 is 1.20 bits per heavy atom. The summed E-state index contributed by atoms with van der Waals surface area (Å²) in [6.45, 7) is 0. The number of rotatable bonds is 4. The second kappa shape index (κ2) is 7.38. The first kappa shape index (κ1) is 18.5. The lowest BCUT2D eigenvalue weighted by atomic mass is 9.97. The van der Waals surface area contributed by atoms with Crippen LogP contribution < -0.4 is 5.56 Å². The van der Waals surface area contributed by atoms with Gasteiger partial charge in [0.05, 0.1) is 17.2 Å². The van der Waals surface area contributed by atoms with Crippen LogP contribution in [0.4, 0.5) is 0 Å². The van der Waals surface area contributed by atoms with Gasteiger partial charge in [0.15, 0.2) is 0 Å². The van der Waals surface area contributed by atoms with E-state index >= 15 is 0 Å². The lowest BCUT2D eigenvalue weighted by Gasteiger charge is -2.09. The summed E-state index contributed by atoms with van der Waals surface area (Å²) in [5.74, 6) is -0.200. The van der Waals surface area contributed by atoms with Crippen molar-refractivity contribution in [2.24, 2.45) is 5.10 Å². The molecule has 1 N–H and O–H groups in total. The van der Waals surface area contributed by atoms with Crippen molar-refractivity contribution < 1.29 is 14.3 Å². The van der Waals surface area contributed by atoms with E-state index in [4.69, 9.17) is 4.42 Å². The number of carboxylic acids is 1. The maximum atomic E-state index is 12.9. The summed E-state index contributed by atoms with van der Waals surface area (Å²) >= 11 is 1.60. The van der Waals surface area contributed by atoms with Crippen LogP contribution in [-0.2, 0) is 12.8 Å². The standard InChI is InChI=1S/C22H17N3O4S/c26-21-19-16-7-3-4-8-18(16)30-20(19)23-12-25(21)24-11-13-9-10-17(29-13)14-5-1-2-6-15(14)22(27)28/h1-2,5-6,9-12H,3-4,7-8H2,(H,27,28)/b24-11+. The number of fused-ring (bicyclic) bond motifs is 3. The molecule has 0 saturated heterocycles. The molecule has 0 fully saturated rings. The van der Waals surface area contributed by atoms with Crippen molar-refractivity contribution in [2.75, 3.05) is 0 Å². The SMILES string of the molecule is O=C(O)c1ccccc1-c1ccc(/C=N/n2cnc3sc4c(c3c2=O)CCCC4)o1. The van der Waals surface area contributed by atoms with Crippen molar-refractivity contribution in [1.82, 2.24) is 9.66 Å². The monoisotopic (exact) mass is 419 g/mol. The second-order valence-corrected chi connectivity index (χ2v) is 8.17. The third kappa shape index (κ3) is 3.15. The molecule has 0 radical (unpaired) electrons. The predicted molar refractivity (Wildman–Crippen MR) is 115 cm³/mol. The highest BCUT2D eigenvalue weighted by molar-refractivity contribution is 7.18. The van der Waals surface area contributed by atoms with Gasteiger partial charge in [-0.2, -0.15) is 9.78 Å². The molecule has 0 aliphatic heterocycles. The lowest BCUT2D eigenvalue weighted by molar-refractivity contribution is 0.0697. The van der Waals surface area contributed by atoms with Gasteiger partial charge >= 0.3 is 5.97 Å². The van der Waals surface area contributed by atoms with Crippen molar-refractivity contribution in [1.29, 1.82) is 0 Å². The third-order valence-corrected chi connectivity index (χ3v) is 6.42. The molecule has 3 aromatic heterocycles. The fourth-order valence-electron chi connectivity index (χ4n) is 3.79. The molecule has 0 bridgehead atoms. The van der Waals surface area contributed by atoms with Gasteiger partial charge in [-0.25, -0.2) is 9.78 Å². The molecule has 0 spiro atoms. The van der Waals surface area contributed by atoms with Gasteiger partial charge in [0.25, 0.3) is 5.56 Å². The average Bonchev–Trinajstić information content (AvgIpc) is 3.38. The Kier molecular flexibility index (Phi) is 4.55. The van der Waals surface area contributed by atoms with Crippen LogP contribution in [0.15, 0.2) is 57.0 Å². The van der Waals surface area contributed by atoms with Crippen LogP contribution in [0.2, 0.25) is 0 Å². The summed E-state index contributed by atoms with van der Waals surface area (Å²) < 4.78 is 6.96. The van der Waals surface area contributed by atoms with Gasteiger partial charge in [0.2, 0.25) is 0 Å². The number of carbonyl (C=O) groups is 1. The van der Waals surface area contributed by atoms with E-state index in [0.29, 0.717) is 22.5 Å². The minimum atomic E-state index is -1.03. The second-order valence-electron chi connectivity index (χ2n) is 7.08. The Morgan fingerprint density at radius 3 is 2.90 bits per heavy atom. The van der Waals surface area contributed by atoms with E-state index < -0.39 is 5.97 Å². The summed E-state index contributed by atoms with van der Waals surface area (Å²) in [4.78, 5) is 30.8. The van der Waals surface area contributed by atoms with Crippen LogP contribution >= 0.6 is 11.3 Å². The molecule has 1 aromatic carbocycles. The number of thiophene rings is 1. The van der Waals surface area contributed by atoms with Crippen LogP contribution in [0.25, 0.3) is 21.5 Å².